The Hall–Kier alpha value is -2.08. The van der Waals surface area contributed by atoms with Crippen LogP contribution in [0, 0.1) is 0 Å². The van der Waals surface area contributed by atoms with E-state index in [4.69, 9.17) is 9.57 Å². The van der Waals surface area contributed by atoms with E-state index < -0.39 is 6.04 Å². The number of methoxy groups -OCH3 is 1. The minimum atomic E-state index is -0.482. The molecule has 0 radical (unpaired) electrons. The number of nitrogens with zero attached hydrogens (tertiary/aromatic N) is 2. The van der Waals surface area contributed by atoms with Crippen molar-refractivity contribution in [3.05, 3.63) is 35.9 Å². The second-order valence-corrected chi connectivity index (χ2v) is 5.29. The highest BCUT2D eigenvalue weighted by Gasteiger charge is 2.48. The lowest BCUT2D eigenvalue weighted by Gasteiger charge is -2.27. The molecule has 0 spiro atoms. The van der Waals surface area contributed by atoms with Gasteiger partial charge in [0.2, 0.25) is 0 Å². The van der Waals surface area contributed by atoms with Crippen molar-refractivity contribution in [2.24, 2.45) is 0 Å². The lowest BCUT2D eigenvalue weighted by Crippen LogP contribution is -2.45. The van der Waals surface area contributed by atoms with Crippen LogP contribution in [0.4, 0.5) is 4.79 Å². The first-order valence-corrected chi connectivity index (χ1v) is 7.05. The first kappa shape index (κ1) is 13.9. The van der Waals surface area contributed by atoms with Crippen molar-refractivity contribution in [3.8, 4) is 0 Å². The van der Waals surface area contributed by atoms with Gasteiger partial charge in [-0.05, 0) is 18.4 Å². The average Bonchev–Trinajstić information content (AvgIpc) is 2.77. The minimum Gasteiger partial charge on any atom is -0.467 e. The second kappa shape index (κ2) is 5.73. The van der Waals surface area contributed by atoms with Crippen molar-refractivity contribution >= 4 is 12.0 Å². The summed E-state index contributed by atoms with van der Waals surface area (Å²) in [5.74, 6) is -0.355. The summed E-state index contributed by atoms with van der Waals surface area (Å²) in [6, 6.07) is 8.98. The van der Waals surface area contributed by atoms with Crippen molar-refractivity contribution in [2.75, 3.05) is 13.7 Å². The van der Waals surface area contributed by atoms with Gasteiger partial charge in [-0.25, -0.2) is 9.59 Å². The molecular weight excluding hydrogens is 272 g/mol. The van der Waals surface area contributed by atoms with Crippen molar-refractivity contribution in [1.82, 2.24) is 9.96 Å². The van der Waals surface area contributed by atoms with Crippen LogP contribution in [-0.2, 0) is 21.0 Å². The standard InChI is InChI=1S/C15H18N2O4/c1-20-14(18)13-8-7-12-9-16(13)15(19)17(12)21-10-11-5-3-2-4-6-11/h2-6,12-13H,7-10H2,1H3/t12-,13+/m0/s1. The van der Waals surface area contributed by atoms with Crippen LogP contribution in [0.2, 0.25) is 0 Å². The highest BCUT2D eigenvalue weighted by molar-refractivity contribution is 5.85. The monoisotopic (exact) mass is 290 g/mol. The molecule has 0 aromatic heterocycles. The van der Waals surface area contributed by atoms with E-state index in [2.05, 4.69) is 0 Å². The number of esters is 1. The fraction of sp³-hybridized carbons (Fsp3) is 0.467. The largest absolute Gasteiger partial charge is 0.467 e. The summed E-state index contributed by atoms with van der Waals surface area (Å²) in [6.07, 6.45) is 1.37. The zero-order valence-electron chi connectivity index (χ0n) is 11.9. The first-order chi connectivity index (χ1) is 10.2. The fourth-order valence-electron chi connectivity index (χ4n) is 2.90. The van der Waals surface area contributed by atoms with Crippen LogP contribution in [0.1, 0.15) is 18.4 Å². The zero-order valence-corrected chi connectivity index (χ0v) is 11.9. The van der Waals surface area contributed by atoms with E-state index in [9.17, 15) is 9.59 Å². The van der Waals surface area contributed by atoms with Gasteiger partial charge >= 0.3 is 12.0 Å². The molecule has 2 atom stereocenters. The summed E-state index contributed by atoms with van der Waals surface area (Å²) in [7, 11) is 1.35. The van der Waals surface area contributed by atoms with Gasteiger partial charge in [-0.2, -0.15) is 5.06 Å². The van der Waals surface area contributed by atoms with Crippen molar-refractivity contribution in [3.63, 3.8) is 0 Å². The molecule has 2 aliphatic heterocycles. The molecular formula is C15H18N2O4. The Morgan fingerprint density at radius 2 is 2.05 bits per heavy atom. The van der Waals surface area contributed by atoms with Crippen molar-refractivity contribution in [1.29, 1.82) is 0 Å². The van der Waals surface area contributed by atoms with E-state index in [1.807, 2.05) is 30.3 Å². The van der Waals surface area contributed by atoms with Gasteiger partial charge in [0.25, 0.3) is 0 Å². The smallest absolute Gasteiger partial charge is 0.345 e. The number of carbonyl (C=O) groups is 2. The number of carbonyl (C=O) groups excluding carboxylic acids is 2. The van der Waals surface area contributed by atoms with Gasteiger partial charge in [0.15, 0.2) is 0 Å². The summed E-state index contributed by atoms with van der Waals surface area (Å²) >= 11 is 0. The molecule has 21 heavy (non-hydrogen) atoms. The number of ether oxygens (including phenoxy) is 1. The molecule has 0 N–H and O–H groups in total. The number of fused-ring (bicyclic) bond motifs is 2. The van der Waals surface area contributed by atoms with Crippen LogP contribution >= 0.6 is 0 Å². The number of hydrogen-bond donors (Lipinski definition) is 0. The van der Waals surface area contributed by atoms with Gasteiger partial charge < -0.3 is 9.64 Å². The SMILES string of the molecule is COC(=O)[C@H]1CC[C@H]2CN1C(=O)N2OCc1ccccc1. The second-order valence-electron chi connectivity index (χ2n) is 5.29. The topological polar surface area (TPSA) is 59.1 Å². The normalized spacial score (nSPS) is 24.3. The summed E-state index contributed by atoms with van der Waals surface area (Å²) in [4.78, 5) is 31.3. The zero-order chi connectivity index (χ0) is 14.8. The number of benzene rings is 1. The summed E-state index contributed by atoms with van der Waals surface area (Å²) in [5, 5.41) is 1.41. The van der Waals surface area contributed by atoms with Gasteiger partial charge in [0.1, 0.15) is 12.6 Å². The molecule has 1 aromatic rings. The number of rotatable bonds is 4. The van der Waals surface area contributed by atoms with E-state index >= 15 is 0 Å². The molecule has 2 aliphatic rings. The Balaban J connectivity index is 1.66. The van der Waals surface area contributed by atoms with E-state index in [0.29, 0.717) is 19.6 Å². The molecule has 6 heteroatoms. The van der Waals surface area contributed by atoms with Gasteiger partial charge in [0, 0.05) is 6.54 Å². The Kier molecular flexibility index (Phi) is 3.79. The quantitative estimate of drug-likeness (QED) is 0.790. The van der Waals surface area contributed by atoms with Gasteiger partial charge in [-0.1, -0.05) is 30.3 Å². The maximum Gasteiger partial charge on any atom is 0.345 e. The molecule has 2 heterocycles. The highest BCUT2D eigenvalue weighted by atomic mass is 16.7. The van der Waals surface area contributed by atoms with E-state index in [1.165, 1.54) is 12.2 Å². The highest BCUT2D eigenvalue weighted by Crippen LogP contribution is 2.30. The molecule has 0 aliphatic carbocycles. The van der Waals surface area contributed by atoms with Crippen LogP contribution in [0.25, 0.3) is 0 Å². The van der Waals surface area contributed by atoms with Gasteiger partial charge in [0.05, 0.1) is 13.2 Å². The fourth-order valence-corrected chi connectivity index (χ4v) is 2.90. The number of hydroxylamine groups is 2. The van der Waals surface area contributed by atoms with Crippen LogP contribution in [0.5, 0.6) is 0 Å². The summed E-state index contributed by atoms with van der Waals surface area (Å²) in [5.41, 5.74) is 1.01. The molecule has 112 valence electrons. The molecule has 2 amide bonds. The Bertz CT molecular complexity index is 534. The molecule has 3 rings (SSSR count). The molecule has 2 fully saturated rings. The van der Waals surface area contributed by atoms with Gasteiger partial charge in [-0.15, -0.1) is 0 Å². The molecule has 2 saturated heterocycles. The summed E-state index contributed by atoms with van der Waals surface area (Å²) in [6.45, 7) is 0.868. The predicted molar refractivity (Wildman–Crippen MR) is 74.0 cm³/mol. The average molecular weight is 290 g/mol. The molecule has 2 bridgehead atoms. The molecule has 0 saturated carbocycles. The Labute approximate surface area is 123 Å². The van der Waals surface area contributed by atoms with E-state index in [1.54, 1.807) is 4.90 Å². The third kappa shape index (κ3) is 2.58. The van der Waals surface area contributed by atoms with Crippen LogP contribution in [0.15, 0.2) is 30.3 Å². The lowest BCUT2D eigenvalue weighted by atomic mass is 10.0. The molecule has 0 unspecified atom stereocenters. The van der Waals surface area contributed by atoms with Gasteiger partial charge in [-0.3, -0.25) is 4.84 Å². The Morgan fingerprint density at radius 3 is 2.76 bits per heavy atom. The molecule has 1 aromatic carbocycles. The maximum absolute atomic E-state index is 12.4. The van der Waals surface area contributed by atoms with Crippen LogP contribution in [-0.4, -0.2) is 47.7 Å². The number of amides is 2. The lowest BCUT2D eigenvalue weighted by molar-refractivity contribution is -0.146. The van der Waals surface area contributed by atoms with E-state index in [-0.39, 0.29) is 18.0 Å². The summed E-state index contributed by atoms with van der Waals surface area (Å²) < 4.78 is 4.76. The molecule has 6 nitrogen and oxygen atoms in total. The first-order valence-electron chi connectivity index (χ1n) is 7.05. The van der Waals surface area contributed by atoms with Crippen LogP contribution < -0.4 is 0 Å². The number of urea groups is 1. The number of piperidine rings is 1. The maximum atomic E-state index is 12.4. The minimum absolute atomic E-state index is 0.0159. The van der Waals surface area contributed by atoms with Crippen molar-refractivity contribution in [2.45, 2.75) is 31.5 Å². The Morgan fingerprint density at radius 1 is 1.29 bits per heavy atom. The van der Waals surface area contributed by atoms with Crippen LogP contribution in [0.3, 0.4) is 0 Å². The third-order valence-corrected chi connectivity index (χ3v) is 4.01. The predicted octanol–water partition coefficient (Wildman–Crippen LogP) is 1.56. The number of hydrogen-bond acceptors (Lipinski definition) is 4. The van der Waals surface area contributed by atoms with E-state index in [0.717, 1.165) is 12.0 Å². The van der Waals surface area contributed by atoms with Crippen molar-refractivity contribution < 1.29 is 19.2 Å². The third-order valence-electron chi connectivity index (χ3n) is 4.01.